The molecule has 0 aliphatic carbocycles. The quantitative estimate of drug-likeness (QED) is 0.673. The Balaban J connectivity index is 1.41. The summed E-state index contributed by atoms with van der Waals surface area (Å²) < 4.78 is 39.6. The number of fused-ring (bicyclic) bond motifs is 1. The zero-order valence-corrected chi connectivity index (χ0v) is 15.9. The molecule has 4 heterocycles. The molecule has 0 radical (unpaired) electrons. The van der Waals surface area contributed by atoms with Crippen molar-refractivity contribution in [3.63, 3.8) is 0 Å². The van der Waals surface area contributed by atoms with E-state index in [1.807, 2.05) is 24.0 Å². The molecule has 3 aromatic heterocycles. The Labute approximate surface area is 165 Å². The SMILES string of the molecule is Cc1ccc2nc(CN3CCN(c4ccc(C(F)(F)F)cn4)CC3)cc(=O)n2c1. The van der Waals surface area contributed by atoms with Crippen molar-refractivity contribution in [3.05, 3.63) is 69.9 Å². The van der Waals surface area contributed by atoms with Crippen molar-refractivity contribution < 1.29 is 13.2 Å². The molecule has 0 atom stereocenters. The minimum absolute atomic E-state index is 0.110. The number of hydrogen-bond acceptors (Lipinski definition) is 5. The molecule has 1 saturated heterocycles. The Morgan fingerprint density at radius 1 is 1.07 bits per heavy atom. The molecule has 29 heavy (non-hydrogen) atoms. The molecule has 1 fully saturated rings. The second-order valence-electron chi connectivity index (χ2n) is 7.19. The summed E-state index contributed by atoms with van der Waals surface area (Å²) in [6.07, 6.45) is -1.74. The largest absolute Gasteiger partial charge is 0.417 e. The van der Waals surface area contributed by atoms with Crippen molar-refractivity contribution in [1.82, 2.24) is 19.3 Å². The summed E-state index contributed by atoms with van der Waals surface area (Å²) >= 11 is 0. The van der Waals surface area contributed by atoms with Gasteiger partial charge in [0.25, 0.3) is 5.56 Å². The molecule has 0 bridgehead atoms. The maximum Gasteiger partial charge on any atom is 0.417 e. The highest BCUT2D eigenvalue weighted by Crippen LogP contribution is 2.29. The van der Waals surface area contributed by atoms with E-state index in [4.69, 9.17) is 0 Å². The van der Waals surface area contributed by atoms with Crippen molar-refractivity contribution in [2.75, 3.05) is 31.1 Å². The van der Waals surface area contributed by atoms with Crippen LogP contribution < -0.4 is 10.5 Å². The number of hydrogen-bond donors (Lipinski definition) is 0. The van der Waals surface area contributed by atoms with Crippen LogP contribution in [0.15, 0.2) is 47.5 Å². The second kappa shape index (κ2) is 7.47. The summed E-state index contributed by atoms with van der Waals surface area (Å²) in [5.74, 6) is 0.537. The minimum atomic E-state index is -4.38. The fourth-order valence-corrected chi connectivity index (χ4v) is 3.44. The zero-order chi connectivity index (χ0) is 20.6. The van der Waals surface area contributed by atoms with Gasteiger partial charge in [-0.2, -0.15) is 13.2 Å². The van der Waals surface area contributed by atoms with E-state index >= 15 is 0 Å². The smallest absolute Gasteiger partial charge is 0.354 e. The van der Waals surface area contributed by atoms with E-state index in [1.165, 1.54) is 10.5 Å². The Morgan fingerprint density at radius 2 is 1.83 bits per heavy atom. The molecule has 0 saturated carbocycles. The normalized spacial score (nSPS) is 15.8. The van der Waals surface area contributed by atoms with E-state index in [-0.39, 0.29) is 5.56 Å². The molecule has 3 aromatic rings. The van der Waals surface area contributed by atoms with Crippen molar-refractivity contribution in [2.24, 2.45) is 0 Å². The number of piperazine rings is 1. The monoisotopic (exact) mass is 403 g/mol. The number of halogens is 3. The van der Waals surface area contributed by atoms with Crippen molar-refractivity contribution in [2.45, 2.75) is 19.6 Å². The average Bonchev–Trinajstić information content (AvgIpc) is 2.69. The summed E-state index contributed by atoms with van der Waals surface area (Å²) in [4.78, 5) is 25.0. The van der Waals surface area contributed by atoms with Gasteiger partial charge in [-0.05, 0) is 30.7 Å². The van der Waals surface area contributed by atoms with Gasteiger partial charge in [-0.25, -0.2) is 9.97 Å². The number of alkyl halides is 3. The predicted octanol–water partition coefficient (Wildman–Crippen LogP) is 2.74. The Bertz CT molecular complexity index is 1070. The average molecular weight is 403 g/mol. The highest BCUT2D eigenvalue weighted by molar-refractivity contribution is 5.41. The number of rotatable bonds is 3. The van der Waals surface area contributed by atoms with Crippen LogP contribution in [0.4, 0.5) is 19.0 Å². The molecular weight excluding hydrogens is 383 g/mol. The molecule has 0 spiro atoms. The van der Waals surface area contributed by atoms with Gasteiger partial charge in [0.05, 0.1) is 11.3 Å². The lowest BCUT2D eigenvalue weighted by Crippen LogP contribution is -2.46. The highest BCUT2D eigenvalue weighted by Gasteiger charge is 2.31. The van der Waals surface area contributed by atoms with E-state index < -0.39 is 11.7 Å². The van der Waals surface area contributed by atoms with Crippen LogP contribution in [-0.4, -0.2) is 45.4 Å². The highest BCUT2D eigenvalue weighted by atomic mass is 19.4. The van der Waals surface area contributed by atoms with Gasteiger partial charge in [0.1, 0.15) is 11.5 Å². The summed E-state index contributed by atoms with van der Waals surface area (Å²) in [6, 6.07) is 7.77. The topological polar surface area (TPSA) is 53.7 Å². The van der Waals surface area contributed by atoms with Crippen LogP contribution in [0.1, 0.15) is 16.8 Å². The predicted molar refractivity (Wildman–Crippen MR) is 103 cm³/mol. The van der Waals surface area contributed by atoms with Crippen LogP contribution in [0.3, 0.4) is 0 Å². The Kier molecular flexibility index (Phi) is 4.99. The van der Waals surface area contributed by atoms with Gasteiger partial charge in [-0.15, -0.1) is 0 Å². The molecule has 6 nitrogen and oxygen atoms in total. The van der Waals surface area contributed by atoms with Gasteiger partial charge in [-0.1, -0.05) is 6.07 Å². The standard InChI is InChI=1S/C20H20F3N5O/c1-14-2-4-18-25-16(10-19(29)28(18)12-14)13-26-6-8-27(9-7-26)17-5-3-15(11-24-17)20(21,22)23/h2-5,10-12H,6-9,13H2,1H3. The minimum Gasteiger partial charge on any atom is -0.354 e. The Hall–Kier alpha value is -2.94. The van der Waals surface area contributed by atoms with Crippen molar-refractivity contribution >= 4 is 11.5 Å². The van der Waals surface area contributed by atoms with E-state index in [9.17, 15) is 18.0 Å². The van der Waals surface area contributed by atoms with Crippen LogP contribution >= 0.6 is 0 Å². The first-order chi connectivity index (χ1) is 13.8. The number of nitrogens with zero attached hydrogens (tertiary/aromatic N) is 5. The first-order valence-electron chi connectivity index (χ1n) is 9.29. The van der Waals surface area contributed by atoms with Crippen molar-refractivity contribution in [1.29, 1.82) is 0 Å². The van der Waals surface area contributed by atoms with E-state index in [1.54, 1.807) is 12.3 Å². The number of aromatic nitrogens is 3. The molecule has 152 valence electrons. The van der Waals surface area contributed by atoms with Crippen molar-refractivity contribution in [3.8, 4) is 0 Å². The van der Waals surface area contributed by atoms with E-state index in [2.05, 4.69) is 14.9 Å². The fraction of sp³-hybridized carbons (Fsp3) is 0.350. The van der Waals surface area contributed by atoms with Gasteiger partial charge < -0.3 is 4.90 Å². The summed E-state index contributed by atoms with van der Waals surface area (Å²) in [5, 5.41) is 0. The van der Waals surface area contributed by atoms with Crippen LogP contribution in [-0.2, 0) is 12.7 Å². The first kappa shape index (κ1) is 19.4. The van der Waals surface area contributed by atoms with Gasteiger partial charge in [0.2, 0.25) is 0 Å². The fourth-order valence-electron chi connectivity index (χ4n) is 3.44. The van der Waals surface area contributed by atoms with E-state index in [0.717, 1.165) is 17.8 Å². The summed E-state index contributed by atoms with van der Waals surface area (Å²) in [5.41, 5.74) is 1.46. The lowest BCUT2D eigenvalue weighted by atomic mass is 10.2. The molecule has 1 aliphatic rings. The van der Waals surface area contributed by atoms with E-state index in [0.29, 0.717) is 49.9 Å². The molecule has 9 heteroatoms. The maximum absolute atomic E-state index is 12.7. The molecular formula is C20H20F3N5O. The lowest BCUT2D eigenvalue weighted by Gasteiger charge is -2.35. The maximum atomic E-state index is 12.7. The third-order valence-corrected chi connectivity index (χ3v) is 5.02. The van der Waals surface area contributed by atoms with Crippen LogP contribution in [0.5, 0.6) is 0 Å². The molecule has 4 rings (SSSR count). The molecule has 0 N–H and O–H groups in total. The van der Waals surface area contributed by atoms with Gasteiger partial charge in [-0.3, -0.25) is 14.1 Å². The third-order valence-electron chi connectivity index (χ3n) is 5.02. The lowest BCUT2D eigenvalue weighted by molar-refractivity contribution is -0.137. The second-order valence-corrected chi connectivity index (χ2v) is 7.19. The van der Waals surface area contributed by atoms with Gasteiger partial charge >= 0.3 is 6.18 Å². The summed E-state index contributed by atoms with van der Waals surface area (Å²) in [7, 11) is 0. The number of pyridine rings is 2. The molecule has 0 amide bonds. The molecule has 0 aromatic carbocycles. The first-order valence-corrected chi connectivity index (χ1v) is 9.29. The third kappa shape index (κ3) is 4.24. The van der Waals surface area contributed by atoms with Crippen LogP contribution in [0.25, 0.3) is 5.65 Å². The zero-order valence-electron chi connectivity index (χ0n) is 15.9. The van der Waals surface area contributed by atoms with Gasteiger partial charge in [0.15, 0.2) is 0 Å². The van der Waals surface area contributed by atoms with Crippen LogP contribution in [0, 0.1) is 6.92 Å². The number of anilines is 1. The summed E-state index contributed by atoms with van der Waals surface area (Å²) in [6.45, 7) is 5.17. The molecule has 1 aliphatic heterocycles. The Morgan fingerprint density at radius 3 is 2.48 bits per heavy atom. The number of aryl methyl sites for hydroxylation is 1. The molecule has 0 unspecified atom stereocenters. The van der Waals surface area contributed by atoms with Crippen LogP contribution in [0.2, 0.25) is 0 Å². The van der Waals surface area contributed by atoms with Gasteiger partial charge in [0, 0.05) is 51.2 Å².